The van der Waals surface area contributed by atoms with Crippen molar-refractivity contribution in [3.05, 3.63) is 40.9 Å². The third-order valence-electron chi connectivity index (χ3n) is 4.85. The van der Waals surface area contributed by atoms with Crippen LogP contribution in [0.3, 0.4) is 0 Å². The number of amides is 2. The second-order valence-electron chi connectivity index (χ2n) is 5.95. The molecule has 2 aliphatic carbocycles. The van der Waals surface area contributed by atoms with Crippen molar-refractivity contribution >= 4 is 33.4 Å². The van der Waals surface area contributed by atoms with Crippen LogP contribution in [0.5, 0.6) is 0 Å². The van der Waals surface area contributed by atoms with Crippen LogP contribution in [0.15, 0.2) is 40.9 Å². The first-order valence-electron chi connectivity index (χ1n) is 7.18. The zero-order valence-corrected chi connectivity index (χ0v) is 12.9. The molecule has 4 rings (SSSR count). The molecule has 2 amide bonds. The summed E-state index contributed by atoms with van der Waals surface area (Å²) >= 11 is 3.38. The van der Waals surface area contributed by atoms with Crippen LogP contribution in [-0.2, 0) is 9.59 Å². The standard InChI is InChI=1S/C16H15BrN2O2/c17-11-3-5-12(6-4-11)18-8-19-15(20)13-9-1-2-10(7-9)14(13)16(19)21/h1-6,9-10,13-14,18H,7-8H2/t9-,10+,13-,14+. The Balaban J connectivity index is 1.48. The minimum atomic E-state index is -0.112. The number of likely N-dealkylation sites (tertiary alicyclic amines) is 1. The number of nitrogens with one attached hydrogen (secondary N) is 1. The van der Waals surface area contributed by atoms with Gasteiger partial charge >= 0.3 is 0 Å². The average Bonchev–Trinajstić information content (AvgIpc) is 3.14. The zero-order chi connectivity index (χ0) is 14.6. The number of halogens is 1. The summed E-state index contributed by atoms with van der Waals surface area (Å²) in [7, 11) is 0. The van der Waals surface area contributed by atoms with Gasteiger partial charge in [0, 0.05) is 10.2 Å². The number of imide groups is 1. The van der Waals surface area contributed by atoms with E-state index in [4.69, 9.17) is 0 Å². The third-order valence-corrected chi connectivity index (χ3v) is 5.38. The molecule has 1 heterocycles. The number of carbonyl (C=O) groups is 2. The van der Waals surface area contributed by atoms with E-state index in [1.807, 2.05) is 24.3 Å². The van der Waals surface area contributed by atoms with Gasteiger partial charge in [0.1, 0.15) is 0 Å². The number of benzene rings is 1. The molecule has 1 saturated heterocycles. The maximum Gasteiger partial charge on any atom is 0.235 e. The van der Waals surface area contributed by atoms with Crippen molar-refractivity contribution in [3.8, 4) is 0 Å². The molecule has 3 aliphatic rings. The molecule has 108 valence electrons. The smallest absolute Gasteiger partial charge is 0.235 e. The van der Waals surface area contributed by atoms with Crippen LogP contribution in [-0.4, -0.2) is 23.4 Å². The number of allylic oxidation sites excluding steroid dienone is 2. The Morgan fingerprint density at radius 2 is 1.62 bits per heavy atom. The Labute approximate surface area is 131 Å². The topological polar surface area (TPSA) is 49.4 Å². The van der Waals surface area contributed by atoms with Gasteiger partial charge in [-0.1, -0.05) is 28.1 Å². The van der Waals surface area contributed by atoms with E-state index in [1.54, 1.807) is 0 Å². The second-order valence-corrected chi connectivity index (χ2v) is 6.86. The highest BCUT2D eigenvalue weighted by atomic mass is 79.9. The Morgan fingerprint density at radius 1 is 1.05 bits per heavy atom. The van der Waals surface area contributed by atoms with E-state index < -0.39 is 0 Å². The van der Waals surface area contributed by atoms with Gasteiger partial charge in [-0.05, 0) is 42.5 Å². The highest BCUT2D eigenvalue weighted by Crippen LogP contribution is 2.52. The van der Waals surface area contributed by atoms with Crippen molar-refractivity contribution in [2.75, 3.05) is 12.0 Å². The Morgan fingerprint density at radius 3 is 2.19 bits per heavy atom. The van der Waals surface area contributed by atoms with E-state index in [0.29, 0.717) is 0 Å². The molecule has 2 bridgehead atoms. The molecule has 0 unspecified atom stereocenters. The summed E-state index contributed by atoms with van der Waals surface area (Å²) < 4.78 is 0.999. The van der Waals surface area contributed by atoms with E-state index in [9.17, 15) is 9.59 Å². The lowest BCUT2D eigenvalue weighted by atomic mass is 9.85. The highest BCUT2D eigenvalue weighted by molar-refractivity contribution is 9.10. The van der Waals surface area contributed by atoms with Crippen molar-refractivity contribution in [2.45, 2.75) is 6.42 Å². The first-order valence-corrected chi connectivity index (χ1v) is 7.97. The van der Waals surface area contributed by atoms with Crippen LogP contribution in [0.2, 0.25) is 0 Å². The Kier molecular flexibility index (Phi) is 2.92. The van der Waals surface area contributed by atoms with Crippen LogP contribution in [0.25, 0.3) is 0 Å². The number of carbonyl (C=O) groups excluding carboxylic acids is 2. The van der Waals surface area contributed by atoms with Crippen molar-refractivity contribution in [1.29, 1.82) is 0 Å². The van der Waals surface area contributed by atoms with Crippen LogP contribution in [0.4, 0.5) is 5.69 Å². The predicted molar refractivity (Wildman–Crippen MR) is 82.2 cm³/mol. The summed E-state index contributed by atoms with van der Waals surface area (Å²) in [6.45, 7) is 0.256. The molecule has 4 atom stereocenters. The number of fused-ring (bicyclic) bond motifs is 5. The average molecular weight is 347 g/mol. The van der Waals surface area contributed by atoms with E-state index >= 15 is 0 Å². The molecule has 2 fully saturated rings. The van der Waals surface area contributed by atoms with Gasteiger partial charge in [-0.25, -0.2) is 0 Å². The summed E-state index contributed by atoms with van der Waals surface area (Å²) in [4.78, 5) is 26.4. The summed E-state index contributed by atoms with van der Waals surface area (Å²) in [6, 6.07) is 7.69. The number of nitrogens with zero attached hydrogens (tertiary/aromatic N) is 1. The molecule has 1 aromatic rings. The first kappa shape index (κ1) is 13.1. The molecule has 4 nitrogen and oxygen atoms in total. The SMILES string of the molecule is O=C1[C@@H]2[C@H](C(=O)N1CNc1ccc(Br)cc1)[C@@H]1C=C[C@H]2C1. The molecule has 5 heteroatoms. The molecule has 1 aromatic carbocycles. The van der Waals surface area contributed by atoms with E-state index in [0.717, 1.165) is 16.6 Å². The van der Waals surface area contributed by atoms with Gasteiger partial charge in [0.15, 0.2) is 0 Å². The van der Waals surface area contributed by atoms with Crippen LogP contribution < -0.4 is 5.32 Å². The molecule has 1 saturated carbocycles. The lowest BCUT2D eigenvalue weighted by molar-refractivity contribution is -0.140. The largest absolute Gasteiger partial charge is 0.367 e. The van der Waals surface area contributed by atoms with Gasteiger partial charge in [-0.15, -0.1) is 0 Å². The fraction of sp³-hybridized carbons (Fsp3) is 0.375. The summed E-state index contributed by atoms with van der Waals surface area (Å²) in [5, 5.41) is 3.16. The van der Waals surface area contributed by atoms with Gasteiger partial charge < -0.3 is 5.32 Å². The van der Waals surface area contributed by atoms with Gasteiger partial charge in [0.25, 0.3) is 0 Å². The van der Waals surface area contributed by atoms with Crippen molar-refractivity contribution in [3.63, 3.8) is 0 Å². The molecule has 21 heavy (non-hydrogen) atoms. The van der Waals surface area contributed by atoms with Gasteiger partial charge in [0.05, 0.1) is 18.5 Å². The molecular weight excluding hydrogens is 332 g/mol. The summed E-state index contributed by atoms with van der Waals surface area (Å²) in [5.41, 5.74) is 0.900. The lowest BCUT2D eigenvalue weighted by Gasteiger charge is -2.18. The highest BCUT2D eigenvalue weighted by Gasteiger charge is 2.59. The molecule has 0 aromatic heterocycles. The van der Waals surface area contributed by atoms with Crippen molar-refractivity contribution in [2.24, 2.45) is 23.7 Å². The number of anilines is 1. The minimum Gasteiger partial charge on any atom is -0.367 e. The van der Waals surface area contributed by atoms with Gasteiger partial charge in [-0.2, -0.15) is 0 Å². The normalized spacial score (nSPS) is 32.9. The third kappa shape index (κ3) is 1.94. The Bertz CT molecular complexity index is 610. The molecule has 1 N–H and O–H groups in total. The molecule has 0 spiro atoms. The molecular formula is C16H15BrN2O2. The number of hydrogen-bond donors (Lipinski definition) is 1. The van der Waals surface area contributed by atoms with Crippen LogP contribution >= 0.6 is 15.9 Å². The zero-order valence-electron chi connectivity index (χ0n) is 11.3. The monoisotopic (exact) mass is 346 g/mol. The van der Waals surface area contributed by atoms with E-state index in [-0.39, 0.29) is 42.2 Å². The quantitative estimate of drug-likeness (QED) is 0.676. The fourth-order valence-corrected chi connectivity index (χ4v) is 4.12. The minimum absolute atomic E-state index is 0.00791. The van der Waals surface area contributed by atoms with Gasteiger partial charge in [0.2, 0.25) is 11.8 Å². The first-order chi connectivity index (χ1) is 10.1. The number of hydrogen-bond acceptors (Lipinski definition) is 3. The van der Waals surface area contributed by atoms with Crippen molar-refractivity contribution < 1.29 is 9.59 Å². The maximum absolute atomic E-state index is 12.5. The van der Waals surface area contributed by atoms with Crippen LogP contribution in [0.1, 0.15) is 6.42 Å². The summed E-state index contributed by atoms with van der Waals surface area (Å²) in [6.07, 6.45) is 5.20. The summed E-state index contributed by atoms with van der Waals surface area (Å²) in [5.74, 6) is 0.305. The van der Waals surface area contributed by atoms with E-state index in [1.165, 1.54) is 4.90 Å². The molecule has 0 radical (unpaired) electrons. The molecule has 1 aliphatic heterocycles. The predicted octanol–water partition coefficient (Wildman–Crippen LogP) is 2.63. The van der Waals surface area contributed by atoms with Crippen molar-refractivity contribution in [1.82, 2.24) is 4.90 Å². The maximum atomic E-state index is 12.5. The van der Waals surface area contributed by atoms with E-state index in [2.05, 4.69) is 33.4 Å². The Hall–Kier alpha value is -1.62. The van der Waals surface area contributed by atoms with Gasteiger partial charge in [-0.3, -0.25) is 14.5 Å². The van der Waals surface area contributed by atoms with Crippen LogP contribution in [0, 0.1) is 23.7 Å². The fourth-order valence-electron chi connectivity index (χ4n) is 3.86. The number of rotatable bonds is 3. The second kappa shape index (κ2) is 4.70. The lowest BCUT2D eigenvalue weighted by Crippen LogP contribution is -2.37.